The SMILES string of the molecule is CN(c1cc(-c2cnn(C)c2)ccc1Nc1cc(NC(=O)C2CC2(F)F)nc2[nH]c(C(F)F)nc12)S(C)(=O)=O. The molecule has 3 N–H and O–H groups in total. The zero-order valence-corrected chi connectivity index (χ0v) is 21.5. The molecule has 5 rings (SSSR count). The van der Waals surface area contributed by atoms with Crippen molar-refractivity contribution in [2.24, 2.45) is 13.0 Å². The number of benzene rings is 1. The van der Waals surface area contributed by atoms with Crippen molar-refractivity contribution < 1.29 is 30.8 Å². The number of anilines is 4. The topological polar surface area (TPSA) is 138 Å². The standard InChI is InChI=1S/C23H22F4N8O3S/c1-34-10-12(9-28-34)11-4-5-14(16(6-11)35(2)39(3,37)38)29-15-7-17(31-22(36)13-8-23(13,26)27)30-20-18(15)32-21(33-20)19(24)25/h4-7,9-10,13,19H,8H2,1-3H3,(H3,29,30,31,32,33,36). The lowest BCUT2D eigenvalue weighted by Gasteiger charge is -2.22. The Morgan fingerprint density at radius 2 is 1.92 bits per heavy atom. The van der Waals surface area contributed by atoms with E-state index in [-0.39, 0.29) is 34.0 Å². The number of amides is 1. The first-order valence-corrected chi connectivity index (χ1v) is 13.3. The second-order valence-electron chi connectivity index (χ2n) is 9.17. The molecule has 3 aromatic heterocycles. The van der Waals surface area contributed by atoms with Gasteiger partial charge in [-0.2, -0.15) is 5.10 Å². The lowest BCUT2D eigenvalue weighted by Crippen LogP contribution is -2.25. The molecule has 39 heavy (non-hydrogen) atoms. The molecule has 1 aliphatic rings. The first-order chi connectivity index (χ1) is 18.2. The van der Waals surface area contributed by atoms with Gasteiger partial charge in [0.25, 0.3) is 12.3 Å². The van der Waals surface area contributed by atoms with E-state index in [9.17, 15) is 30.8 Å². The van der Waals surface area contributed by atoms with Gasteiger partial charge in [0.15, 0.2) is 11.5 Å². The number of fused-ring (bicyclic) bond motifs is 1. The van der Waals surface area contributed by atoms with Gasteiger partial charge in [0, 0.05) is 38.3 Å². The number of pyridine rings is 1. The molecule has 4 aromatic rings. The minimum absolute atomic E-state index is 0.0376. The van der Waals surface area contributed by atoms with Crippen molar-refractivity contribution >= 4 is 50.0 Å². The molecular weight excluding hydrogens is 544 g/mol. The number of hydrogen-bond acceptors (Lipinski definition) is 7. The highest BCUT2D eigenvalue weighted by molar-refractivity contribution is 7.92. The van der Waals surface area contributed by atoms with Crippen molar-refractivity contribution in [3.05, 3.63) is 42.5 Å². The maximum Gasteiger partial charge on any atom is 0.295 e. The van der Waals surface area contributed by atoms with Gasteiger partial charge in [-0.25, -0.2) is 35.9 Å². The van der Waals surface area contributed by atoms with Crippen LogP contribution in [0.5, 0.6) is 0 Å². The van der Waals surface area contributed by atoms with E-state index in [1.54, 1.807) is 42.3 Å². The van der Waals surface area contributed by atoms with Crippen LogP contribution in [0.4, 0.5) is 40.4 Å². The maximum atomic E-state index is 13.4. The van der Waals surface area contributed by atoms with Crippen LogP contribution < -0.4 is 14.9 Å². The molecule has 1 unspecified atom stereocenters. The van der Waals surface area contributed by atoms with Gasteiger partial charge in [0.1, 0.15) is 17.3 Å². The Hall–Kier alpha value is -4.21. The van der Waals surface area contributed by atoms with Crippen LogP contribution in [0.1, 0.15) is 18.7 Å². The summed E-state index contributed by atoms with van der Waals surface area (Å²) in [4.78, 5) is 22.6. The summed E-state index contributed by atoms with van der Waals surface area (Å²) in [5.41, 5.74) is 1.71. The monoisotopic (exact) mass is 566 g/mol. The molecule has 1 fully saturated rings. The number of rotatable bonds is 8. The fourth-order valence-electron chi connectivity index (χ4n) is 3.95. The summed E-state index contributed by atoms with van der Waals surface area (Å²) in [5, 5.41) is 9.40. The summed E-state index contributed by atoms with van der Waals surface area (Å²) >= 11 is 0. The number of aryl methyl sites for hydroxylation is 1. The Morgan fingerprint density at radius 3 is 2.51 bits per heavy atom. The van der Waals surface area contributed by atoms with Gasteiger partial charge in [-0.05, 0) is 17.7 Å². The molecule has 1 aromatic carbocycles. The van der Waals surface area contributed by atoms with Gasteiger partial charge in [0.2, 0.25) is 15.9 Å². The Bertz CT molecular complexity index is 1700. The van der Waals surface area contributed by atoms with Gasteiger partial charge in [0.05, 0.1) is 29.5 Å². The summed E-state index contributed by atoms with van der Waals surface area (Å²) in [7, 11) is -0.665. The highest BCUT2D eigenvalue weighted by atomic mass is 32.2. The predicted octanol–water partition coefficient (Wildman–Crippen LogP) is 4.03. The fourth-order valence-corrected chi connectivity index (χ4v) is 4.46. The lowest BCUT2D eigenvalue weighted by atomic mass is 10.1. The van der Waals surface area contributed by atoms with E-state index in [0.29, 0.717) is 11.1 Å². The van der Waals surface area contributed by atoms with E-state index >= 15 is 0 Å². The Labute approximate surface area is 219 Å². The first-order valence-electron chi connectivity index (χ1n) is 11.4. The minimum Gasteiger partial charge on any atom is -0.352 e. The molecule has 0 saturated heterocycles. The van der Waals surface area contributed by atoms with Crippen LogP contribution in [-0.4, -0.2) is 58.3 Å². The Kier molecular flexibility index (Phi) is 6.24. The lowest BCUT2D eigenvalue weighted by molar-refractivity contribution is -0.119. The number of aromatic amines is 1. The first kappa shape index (κ1) is 26.4. The van der Waals surface area contributed by atoms with Crippen molar-refractivity contribution in [1.29, 1.82) is 0 Å². The molecule has 1 amide bonds. The predicted molar refractivity (Wildman–Crippen MR) is 136 cm³/mol. The van der Waals surface area contributed by atoms with E-state index in [2.05, 4.69) is 30.7 Å². The van der Waals surface area contributed by atoms with E-state index in [4.69, 9.17) is 0 Å². The Morgan fingerprint density at radius 1 is 1.21 bits per heavy atom. The molecule has 0 radical (unpaired) electrons. The molecule has 0 aliphatic heterocycles. The van der Waals surface area contributed by atoms with Crippen molar-refractivity contribution in [2.75, 3.05) is 28.2 Å². The van der Waals surface area contributed by atoms with E-state index in [0.717, 1.165) is 10.6 Å². The number of alkyl halides is 4. The van der Waals surface area contributed by atoms with E-state index in [1.165, 1.54) is 13.1 Å². The van der Waals surface area contributed by atoms with Crippen molar-refractivity contribution in [3.63, 3.8) is 0 Å². The van der Waals surface area contributed by atoms with E-state index < -0.39 is 46.4 Å². The van der Waals surface area contributed by atoms with Gasteiger partial charge >= 0.3 is 0 Å². The molecule has 0 spiro atoms. The summed E-state index contributed by atoms with van der Waals surface area (Å²) in [6, 6.07) is 6.13. The normalized spacial score (nSPS) is 16.5. The van der Waals surface area contributed by atoms with Crippen LogP contribution >= 0.6 is 0 Å². The van der Waals surface area contributed by atoms with Crippen LogP contribution in [0.25, 0.3) is 22.3 Å². The van der Waals surface area contributed by atoms with Crippen LogP contribution in [-0.2, 0) is 21.9 Å². The zero-order valence-electron chi connectivity index (χ0n) is 20.7. The van der Waals surface area contributed by atoms with Gasteiger partial charge in [-0.15, -0.1) is 0 Å². The number of carbonyl (C=O) groups excluding carboxylic acids is 1. The third kappa shape index (κ3) is 5.23. The molecule has 0 bridgehead atoms. The average Bonchev–Trinajstić information content (AvgIpc) is 3.16. The number of halogens is 4. The number of sulfonamides is 1. The maximum absolute atomic E-state index is 13.4. The fraction of sp³-hybridized carbons (Fsp3) is 0.304. The smallest absolute Gasteiger partial charge is 0.295 e. The number of aromatic nitrogens is 5. The number of hydrogen-bond donors (Lipinski definition) is 3. The van der Waals surface area contributed by atoms with Crippen molar-refractivity contribution in [2.45, 2.75) is 18.8 Å². The van der Waals surface area contributed by atoms with Crippen LogP contribution in [0, 0.1) is 5.92 Å². The van der Waals surface area contributed by atoms with Crippen LogP contribution in [0.3, 0.4) is 0 Å². The molecular formula is C23H22F4N8O3S. The molecule has 11 nitrogen and oxygen atoms in total. The number of nitrogens with one attached hydrogen (secondary N) is 3. The van der Waals surface area contributed by atoms with E-state index in [1.807, 2.05) is 0 Å². The van der Waals surface area contributed by atoms with Gasteiger partial charge in [-0.1, -0.05) is 6.07 Å². The number of H-pyrrole nitrogens is 1. The van der Waals surface area contributed by atoms with Crippen LogP contribution in [0.15, 0.2) is 36.7 Å². The molecule has 1 atom stereocenters. The summed E-state index contributed by atoms with van der Waals surface area (Å²) < 4.78 is 81.1. The third-order valence-corrected chi connectivity index (χ3v) is 7.41. The Balaban J connectivity index is 1.59. The molecule has 1 saturated carbocycles. The quantitative estimate of drug-likeness (QED) is 0.274. The highest BCUT2D eigenvalue weighted by Crippen LogP contribution is 2.49. The number of imidazole rings is 1. The number of nitrogens with zero attached hydrogens (tertiary/aromatic N) is 5. The van der Waals surface area contributed by atoms with Gasteiger partial charge < -0.3 is 15.6 Å². The number of carbonyl (C=O) groups is 1. The minimum atomic E-state index is -3.74. The second kappa shape index (κ2) is 9.21. The molecule has 206 valence electrons. The third-order valence-electron chi connectivity index (χ3n) is 6.21. The summed E-state index contributed by atoms with van der Waals surface area (Å²) in [6.07, 6.45) is 0.791. The largest absolute Gasteiger partial charge is 0.352 e. The van der Waals surface area contributed by atoms with Gasteiger partial charge in [-0.3, -0.25) is 13.8 Å². The highest BCUT2D eigenvalue weighted by Gasteiger charge is 2.61. The average molecular weight is 567 g/mol. The summed E-state index contributed by atoms with van der Waals surface area (Å²) in [6.45, 7) is 0. The second-order valence-corrected chi connectivity index (χ2v) is 11.2. The van der Waals surface area contributed by atoms with Crippen LogP contribution in [0.2, 0.25) is 0 Å². The van der Waals surface area contributed by atoms with Crippen molar-refractivity contribution in [3.8, 4) is 11.1 Å². The molecule has 3 heterocycles. The molecule has 1 aliphatic carbocycles. The molecule has 16 heteroatoms. The zero-order chi connectivity index (χ0) is 28.3. The van der Waals surface area contributed by atoms with Crippen molar-refractivity contribution in [1.82, 2.24) is 24.7 Å². The summed E-state index contributed by atoms with van der Waals surface area (Å²) in [5.74, 6) is -6.48.